The average Bonchev–Trinajstić information content (AvgIpc) is 2.96. The molecule has 1 unspecified atom stereocenters. The third-order valence-corrected chi connectivity index (χ3v) is 3.17. The van der Waals surface area contributed by atoms with Gasteiger partial charge in [0, 0.05) is 18.9 Å². The van der Waals surface area contributed by atoms with Crippen LogP contribution in [-0.2, 0) is 6.54 Å². The van der Waals surface area contributed by atoms with Crippen LogP contribution < -0.4 is 5.73 Å². The lowest BCUT2D eigenvalue weighted by Gasteiger charge is -2.16. The molecule has 3 rings (SSSR count). The second-order valence-electron chi connectivity index (χ2n) is 4.56. The molecule has 19 heavy (non-hydrogen) atoms. The predicted molar refractivity (Wildman–Crippen MR) is 71.0 cm³/mol. The quantitative estimate of drug-likeness (QED) is 0.784. The van der Waals surface area contributed by atoms with Gasteiger partial charge in [-0.15, -0.1) is 0 Å². The number of anilines is 1. The number of hydrogen-bond acceptors (Lipinski definition) is 3. The molecule has 0 radical (unpaired) electrons. The second kappa shape index (κ2) is 4.38. The Kier molecular flexibility index (Phi) is 2.70. The van der Waals surface area contributed by atoms with Crippen molar-refractivity contribution in [1.29, 1.82) is 0 Å². The Balaban J connectivity index is 2.04. The first-order valence-electron chi connectivity index (χ1n) is 6.04. The molecule has 0 saturated heterocycles. The first-order chi connectivity index (χ1) is 9.16. The maximum absolute atomic E-state index is 13.7. The molecule has 0 saturated carbocycles. The Bertz CT molecular complexity index is 701. The summed E-state index contributed by atoms with van der Waals surface area (Å²) >= 11 is 0. The summed E-state index contributed by atoms with van der Waals surface area (Å²) in [5, 5.41) is 0. The van der Waals surface area contributed by atoms with E-state index in [0.717, 1.165) is 0 Å². The smallest absolute Gasteiger partial charge is 0.201 e. The zero-order valence-corrected chi connectivity index (χ0v) is 10.5. The molecule has 1 aromatic carbocycles. The van der Waals surface area contributed by atoms with Gasteiger partial charge in [-0.2, -0.15) is 0 Å². The number of nitrogens with two attached hydrogens (primary N) is 1. The average molecular weight is 259 g/mol. The van der Waals surface area contributed by atoms with Gasteiger partial charge in [-0.25, -0.2) is 14.4 Å². The number of halogens is 1. The van der Waals surface area contributed by atoms with E-state index in [4.69, 9.17) is 5.73 Å². The minimum absolute atomic E-state index is 0.0565. The summed E-state index contributed by atoms with van der Waals surface area (Å²) in [4.78, 5) is 8.11. The van der Waals surface area contributed by atoms with Gasteiger partial charge in [0.15, 0.2) is 5.82 Å². The molecule has 2 heterocycles. The highest BCUT2D eigenvalue weighted by Crippen LogP contribution is 2.25. The van der Waals surface area contributed by atoms with Gasteiger partial charge in [0.05, 0.1) is 17.9 Å². The Morgan fingerprint density at radius 2 is 2.26 bits per heavy atom. The maximum Gasteiger partial charge on any atom is 0.201 e. The largest absolute Gasteiger partial charge is 0.369 e. The van der Waals surface area contributed by atoms with Crippen LogP contribution in [0.25, 0.3) is 11.0 Å². The van der Waals surface area contributed by atoms with Crippen LogP contribution in [0.4, 0.5) is 10.3 Å². The molecule has 3 aromatic rings. The van der Waals surface area contributed by atoms with E-state index in [2.05, 4.69) is 9.97 Å². The van der Waals surface area contributed by atoms with Crippen LogP contribution in [0.5, 0.6) is 0 Å². The van der Waals surface area contributed by atoms with Gasteiger partial charge in [-0.1, -0.05) is 6.07 Å². The van der Waals surface area contributed by atoms with Crippen molar-refractivity contribution in [2.45, 2.75) is 19.5 Å². The summed E-state index contributed by atoms with van der Waals surface area (Å²) in [7, 11) is 0. The number of aromatic nitrogens is 4. The topological polar surface area (TPSA) is 61.7 Å². The van der Waals surface area contributed by atoms with E-state index in [9.17, 15) is 4.39 Å². The van der Waals surface area contributed by atoms with Gasteiger partial charge >= 0.3 is 0 Å². The normalized spacial score (nSPS) is 12.9. The standard InChI is InChI=1S/C13H14FN5/c1-9(7-18-6-5-16-8-18)19-11-4-2-3-10(14)12(11)17-13(19)15/h2-6,8-9H,7H2,1H3,(H2,15,17). The van der Waals surface area contributed by atoms with E-state index in [1.807, 2.05) is 28.3 Å². The summed E-state index contributed by atoms with van der Waals surface area (Å²) in [6, 6.07) is 4.94. The van der Waals surface area contributed by atoms with Crippen LogP contribution in [0.1, 0.15) is 13.0 Å². The lowest BCUT2D eigenvalue weighted by atomic mass is 10.2. The summed E-state index contributed by atoms with van der Waals surface area (Å²) in [5.74, 6) is -0.0227. The van der Waals surface area contributed by atoms with Crippen molar-refractivity contribution in [3.8, 4) is 0 Å². The van der Waals surface area contributed by atoms with E-state index >= 15 is 0 Å². The highest BCUT2D eigenvalue weighted by molar-refractivity contribution is 5.79. The number of fused-ring (bicyclic) bond motifs is 1. The Labute approximate surface area is 109 Å². The zero-order chi connectivity index (χ0) is 13.4. The number of hydrogen-bond donors (Lipinski definition) is 1. The van der Waals surface area contributed by atoms with Gasteiger partial charge in [0.25, 0.3) is 0 Å². The summed E-state index contributed by atoms with van der Waals surface area (Å²) < 4.78 is 17.5. The molecule has 0 aliphatic rings. The fourth-order valence-corrected chi connectivity index (χ4v) is 2.35. The van der Waals surface area contributed by atoms with Gasteiger partial charge in [-0.3, -0.25) is 0 Å². The van der Waals surface area contributed by atoms with E-state index in [-0.39, 0.29) is 11.9 Å². The molecule has 2 N–H and O–H groups in total. The molecule has 2 aromatic heterocycles. The van der Waals surface area contributed by atoms with Crippen molar-refractivity contribution in [3.05, 3.63) is 42.7 Å². The van der Waals surface area contributed by atoms with Crippen molar-refractivity contribution in [2.75, 3.05) is 5.73 Å². The van der Waals surface area contributed by atoms with Crippen LogP contribution in [0.2, 0.25) is 0 Å². The first kappa shape index (κ1) is 11.7. The van der Waals surface area contributed by atoms with Crippen LogP contribution in [0.3, 0.4) is 0 Å². The minimum Gasteiger partial charge on any atom is -0.369 e. The van der Waals surface area contributed by atoms with Crippen molar-refractivity contribution in [3.63, 3.8) is 0 Å². The Morgan fingerprint density at radius 1 is 1.42 bits per heavy atom. The summed E-state index contributed by atoms with van der Waals surface area (Å²) in [6.45, 7) is 2.72. The molecule has 5 nitrogen and oxygen atoms in total. The van der Waals surface area contributed by atoms with Crippen molar-refractivity contribution >= 4 is 17.0 Å². The molecule has 0 amide bonds. The zero-order valence-electron chi connectivity index (χ0n) is 10.5. The lowest BCUT2D eigenvalue weighted by molar-refractivity contribution is 0.479. The van der Waals surface area contributed by atoms with Crippen molar-refractivity contribution in [1.82, 2.24) is 19.1 Å². The predicted octanol–water partition coefficient (Wildman–Crippen LogP) is 2.22. The number of para-hydroxylation sites is 1. The van der Waals surface area contributed by atoms with Crippen LogP contribution >= 0.6 is 0 Å². The van der Waals surface area contributed by atoms with Crippen molar-refractivity contribution in [2.24, 2.45) is 0 Å². The molecule has 6 heteroatoms. The van der Waals surface area contributed by atoms with Crippen molar-refractivity contribution < 1.29 is 4.39 Å². The van der Waals surface area contributed by atoms with Gasteiger partial charge in [-0.05, 0) is 19.1 Å². The Morgan fingerprint density at radius 3 is 3.00 bits per heavy atom. The minimum atomic E-state index is -0.349. The van der Waals surface area contributed by atoms with Crippen LogP contribution in [0, 0.1) is 5.82 Å². The van der Waals surface area contributed by atoms with Gasteiger partial charge in [0.2, 0.25) is 5.95 Å². The molecule has 0 fully saturated rings. The second-order valence-corrected chi connectivity index (χ2v) is 4.56. The van der Waals surface area contributed by atoms with E-state index < -0.39 is 0 Å². The van der Waals surface area contributed by atoms with E-state index in [1.54, 1.807) is 18.6 Å². The molecule has 98 valence electrons. The Hall–Kier alpha value is -2.37. The number of imidazole rings is 2. The monoisotopic (exact) mass is 259 g/mol. The highest BCUT2D eigenvalue weighted by Gasteiger charge is 2.16. The number of benzene rings is 1. The molecule has 0 aliphatic carbocycles. The molecule has 0 bridgehead atoms. The number of nitrogen functional groups attached to an aromatic ring is 1. The molecule has 0 aliphatic heterocycles. The number of rotatable bonds is 3. The molecular weight excluding hydrogens is 245 g/mol. The lowest BCUT2D eigenvalue weighted by Crippen LogP contribution is -2.14. The highest BCUT2D eigenvalue weighted by atomic mass is 19.1. The summed E-state index contributed by atoms with van der Waals surface area (Å²) in [5.41, 5.74) is 6.94. The van der Waals surface area contributed by atoms with Gasteiger partial charge in [0.1, 0.15) is 5.52 Å². The van der Waals surface area contributed by atoms with E-state index in [0.29, 0.717) is 23.5 Å². The molecule has 0 spiro atoms. The fourth-order valence-electron chi connectivity index (χ4n) is 2.35. The third-order valence-electron chi connectivity index (χ3n) is 3.17. The van der Waals surface area contributed by atoms with Crippen LogP contribution in [-0.4, -0.2) is 19.1 Å². The fraction of sp³-hybridized carbons (Fsp3) is 0.231. The van der Waals surface area contributed by atoms with Crippen LogP contribution in [0.15, 0.2) is 36.9 Å². The van der Waals surface area contributed by atoms with Gasteiger partial charge < -0.3 is 14.9 Å². The number of nitrogens with zero attached hydrogens (tertiary/aromatic N) is 4. The molecular formula is C13H14FN5. The maximum atomic E-state index is 13.7. The SMILES string of the molecule is CC(Cn1ccnc1)n1c(N)nc2c(F)cccc21. The first-order valence-corrected chi connectivity index (χ1v) is 6.04. The van der Waals surface area contributed by atoms with E-state index in [1.165, 1.54) is 6.07 Å². The molecule has 1 atom stereocenters. The third kappa shape index (κ3) is 1.95. The summed E-state index contributed by atoms with van der Waals surface area (Å²) in [6.07, 6.45) is 5.35.